The second-order valence-corrected chi connectivity index (χ2v) is 4.31. The van der Waals surface area contributed by atoms with Crippen molar-refractivity contribution in [3.05, 3.63) is 20.8 Å². The van der Waals surface area contributed by atoms with E-state index in [1.165, 1.54) is 0 Å². The summed E-state index contributed by atoms with van der Waals surface area (Å²) >= 11 is 0. The van der Waals surface area contributed by atoms with Gasteiger partial charge in [-0.15, -0.1) is 5.10 Å². The Morgan fingerprint density at radius 1 is 1.41 bits per heavy atom. The van der Waals surface area contributed by atoms with E-state index in [1.54, 1.807) is 0 Å². The van der Waals surface area contributed by atoms with Crippen molar-refractivity contribution in [3.63, 3.8) is 0 Å². The zero-order valence-corrected chi connectivity index (χ0v) is 10.2. The maximum absolute atomic E-state index is 11.6. The van der Waals surface area contributed by atoms with Gasteiger partial charge in [0.2, 0.25) is 5.82 Å². The van der Waals surface area contributed by atoms with Crippen molar-refractivity contribution in [2.24, 2.45) is 11.7 Å². The number of aromatic nitrogens is 3. The van der Waals surface area contributed by atoms with Gasteiger partial charge < -0.3 is 10.6 Å². The third-order valence-corrected chi connectivity index (χ3v) is 2.21. The van der Waals surface area contributed by atoms with Gasteiger partial charge in [0.25, 0.3) is 5.56 Å². The fourth-order valence-corrected chi connectivity index (χ4v) is 1.56. The maximum Gasteiger partial charge on any atom is 0.342 e. The largest absolute Gasteiger partial charge is 0.350 e. The standard InChI is InChI=1S/C10H19N5O2/c1-7(2)6-15(5-3-4-11)8-9(16)12-10(17)14-13-8/h7H,3-6,11H2,1-2H3,(H2,12,14,16,17). The summed E-state index contributed by atoms with van der Waals surface area (Å²) in [6.07, 6.45) is 0.771. The van der Waals surface area contributed by atoms with E-state index in [2.05, 4.69) is 29.0 Å². The van der Waals surface area contributed by atoms with Crippen LogP contribution in [0.4, 0.5) is 5.82 Å². The van der Waals surface area contributed by atoms with E-state index >= 15 is 0 Å². The Morgan fingerprint density at radius 2 is 2.12 bits per heavy atom. The number of nitrogens with zero attached hydrogens (tertiary/aromatic N) is 2. The molecule has 0 saturated carbocycles. The minimum absolute atomic E-state index is 0.242. The number of H-pyrrole nitrogens is 2. The predicted octanol–water partition coefficient (Wildman–Crippen LogP) is -0.731. The molecule has 0 aromatic carbocycles. The summed E-state index contributed by atoms with van der Waals surface area (Å²) in [6, 6.07) is 0. The molecule has 4 N–H and O–H groups in total. The molecular formula is C10H19N5O2. The fraction of sp³-hybridized carbons (Fsp3) is 0.700. The average molecular weight is 241 g/mol. The van der Waals surface area contributed by atoms with Crippen molar-refractivity contribution < 1.29 is 0 Å². The third-order valence-electron chi connectivity index (χ3n) is 2.21. The van der Waals surface area contributed by atoms with Gasteiger partial charge in [-0.3, -0.25) is 9.78 Å². The first kappa shape index (κ1) is 13.4. The molecule has 0 atom stereocenters. The fourth-order valence-electron chi connectivity index (χ4n) is 1.56. The van der Waals surface area contributed by atoms with Crippen molar-refractivity contribution in [3.8, 4) is 0 Å². The SMILES string of the molecule is CC(C)CN(CCCN)c1n[nH]c(=O)[nH]c1=O. The van der Waals surface area contributed by atoms with Gasteiger partial charge in [-0.1, -0.05) is 13.8 Å². The van der Waals surface area contributed by atoms with Gasteiger partial charge in [-0.25, -0.2) is 9.89 Å². The van der Waals surface area contributed by atoms with Crippen LogP contribution in [0.3, 0.4) is 0 Å². The Balaban J connectivity index is 2.95. The van der Waals surface area contributed by atoms with E-state index in [0.29, 0.717) is 25.6 Å². The lowest BCUT2D eigenvalue weighted by Gasteiger charge is -2.23. The highest BCUT2D eigenvalue weighted by Crippen LogP contribution is 2.06. The maximum atomic E-state index is 11.6. The molecule has 1 aromatic rings. The van der Waals surface area contributed by atoms with Gasteiger partial charge in [0.15, 0.2) is 0 Å². The van der Waals surface area contributed by atoms with Crippen molar-refractivity contribution in [2.75, 3.05) is 24.5 Å². The molecule has 7 heteroatoms. The summed E-state index contributed by atoms with van der Waals surface area (Å²) in [5.41, 5.74) is 4.40. The minimum atomic E-state index is -0.595. The molecule has 1 rings (SSSR count). The van der Waals surface area contributed by atoms with Gasteiger partial charge in [-0.2, -0.15) is 0 Å². The van der Waals surface area contributed by atoms with E-state index in [9.17, 15) is 9.59 Å². The Kier molecular flexibility index (Phi) is 4.89. The summed E-state index contributed by atoms with van der Waals surface area (Å²) in [5.74, 6) is 0.632. The third kappa shape index (κ3) is 4.03. The Hall–Kier alpha value is -1.63. The molecule has 0 aliphatic rings. The van der Waals surface area contributed by atoms with Crippen molar-refractivity contribution in [1.29, 1.82) is 0 Å². The highest BCUT2D eigenvalue weighted by Gasteiger charge is 2.13. The predicted molar refractivity (Wildman–Crippen MR) is 66.2 cm³/mol. The molecule has 7 nitrogen and oxygen atoms in total. The van der Waals surface area contributed by atoms with Crippen LogP contribution in [0, 0.1) is 5.92 Å². The summed E-state index contributed by atoms with van der Waals surface area (Å²) in [7, 11) is 0. The molecule has 17 heavy (non-hydrogen) atoms. The molecule has 0 unspecified atom stereocenters. The monoisotopic (exact) mass is 241 g/mol. The minimum Gasteiger partial charge on any atom is -0.350 e. The molecule has 0 fully saturated rings. The molecule has 0 bridgehead atoms. The highest BCUT2D eigenvalue weighted by atomic mass is 16.2. The van der Waals surface area contributed by atoms with Crippen LogP contribution in [0.2, 0.25) is 0 Å². The van der Waals surface area contributed by atoms with E-state index in [0.717, 1.165) is 6.42 Å². The number of hydrogen-bond acceptors (Lipinski definition) is 5. The van der Waals surface area contributed by atoms with E-state index < -0.39 is 11.2 Å². The zero-order valence-electron chi connectivity index (χ0n) is 10.2. The van der Waals surface area contributed by atoms with Crippen LogP contribution >= 0.6 is 0 Å². The molecule has 0 aliphatic heterocycles. The summed E-state index contributed by atoms with van der Waals surface area (Å²) in [6.45, 7) is 6.00. The molecule has 0 amide bonds. The van der Waals surface area contributed by atoms with Crippen LogP contribution in [0.25, 0.3) is 0 Å². The number of nitrogens with two attached hydrogens (primary N) is 1. The molecule has 0 radical (unpaired) electrons. The number of anilines is 1. The van der Waals surface area contributed by atoms with Crippen molar-refractivity contribution >= 4 is 5.82 Å². The van der Waals surface area contributed by atoms with Gasteiger partial charge in [0.1, 0.15) is 0 Å². The van der Waals surface area contributed by atoms with Crippen LogP contribution in [0.5, 0.6) is 0 Å². The lowest BCUT2D eigenvalue weighted by Crippen LogP contribution is -2.37. The highest BCUT2D eigenvalue weighted by molar-refractivity contribution is 5.33. The molecule has 96 valence electrons. The summed E-state index contributed by atoms with van der Waals surface area (Å²) in [4.78, 5) is 26.5. The lowest BCUT2D eigenvalue weighted by atomic mass is 10.2. The zero-order chi connectivity index (χ0) is 12.8. The Labute approximate surface area is 99.0 Å². The first-order valence-electron chi connectivity index (χ1n) is 5.68. The molecule has 0 spiro atoms. The van der Waals surface area contributed by atoms with Crippen LogP contribution in [-0.4, -0.2) is 34.8 Å². The quantitative estimate of drug-likeness (QED) is 0.608. The number of nitrogens with one attached hydrogen (secondary N) is 2. The second-order valence-electron chi connectivity index (χ2n) is 4.31. The number of aromatic amines is 2. The molecule has 0 aliphatic carbocycles. The lowest BCUT2D eigenvalue weighted by molar-refractivity contribution is 0.590. The Morgan fingerprint density at radius 3 is 2.65 bits per heavy atom. The second kappa shape index (κ2) is 6.19. The summed E-state index contributed by atoms with van der Waals surface area (Å²) in [5, 5.41) is 6.02. The van der Waals surface area contributed by atoms with Crippen molar-refractivity contribution in [2.45, 2.75) is 20.3 Å². The van der Waals surface area contributed by atoms with Gasteiger partial charge >= 0.3 is 5.69 Å². The van der Waals surface area contributed by atoms with Gasteiger partial charge in [0, 0.05) is 13.1 Å². The molecule has 1 aromatic heterocycles. The van der Waals surface area contributed by atoms with Crippen LogP contribution in [-0.2, 0) is 0 Å². The average Bonchev–Trinajstić information content (AvgIpc) is 2.24. The van der Waals surface area contributed by atoms with Crippen LogP contribution in [0.15, 0.2) is 9.59 Å². The van der Waals surface area contributed by atoms with Crippen LogP contribution in [0.1, 0.15) is 20.3 Å². The van der Waals surface area contributed by atoms with Crippen molar-refractivity contribution in [1.82, 2.24) is 15.2 Å². The van der Waals surface area contributed by atoms with Gasteiger partial charge in [-0.05, 0) is 18.9 Å². The molecule has 0 saturated heterocycles. The van der Waals surface area contributed by atoms with Crippen LogP contribution < -0.4 is 21.9 Å². The molecular weight excluding hydrogens is 222 g/mol. The summed E-state index contributed by atoms with van der Waals surface area (Å²) < 4.78 is 0. The van der Waals surface area contributed by atoms with E-state index in [4.69, 9.17) is 5.73 Å². The number of rotatable bonds is 6. The van der Waals surface area contributed by atoms with Gasteiger partial charge in [0.05, 0.1) is 0 Å². The number of hydrogen-bond donors (Lipinski definition) is 3. The van der Waals surface area contributed by atoms with E-state index in [-0.39, 0.29) is 5.82 Å². The Bertz CT molecular complexity index is 450. The first-order valence-corrected chi connectivity index (χ1v) is 5.68. The topological polar surface area (TPSA) is 108 Å². The van der Waals surface area contributed by atoms with E-state index in [1.807, 2.05) is 4.90 Å². The molecule has 1 heterocycles. The normalized spacial score (nSPS) is 10.8. The smallest absolute Gasteiger partial charge is 0.342 e. The first-order chi connectivity index (χ1) is 8.04.